The number of aryl methyl sites for hydroxylation is 1. The molecule has 1 fully saturated rings. The van der Waals surface area contributed by atoms with Crippen LogP contribution in [0.25, 0.3) is 0 Å². The number of rotatable bonds is 8. The molecule has 2 heterocycles. The van der Waals surface area contributed by atoms with Crippen LogP contribution in [0.3, 0.4) is 0 Å². The second-order valence-electron chi connectivity index (χ2n) is 6.70. The van der Waals surface area contributed by atoms with E-state index in [1.165, 1.54) is 6.07 Å². The van der Waals surface area contributed by atoms with Gasteiger partial charge in [0, 0.05) is 42.1 Å². The van der Waals surface area contributed by atoms with E-state index in [0.29, 0.717) is 24.4 Å². The number of halogens is 3. The van der Waals surface area contributed by atoms with Crippen LogP contribution in [-0.4, -0.2) is 37.1 Å². The van der Waals surface area contributed by atoms with Gasteiger partial charge in [-0.1, -0.05) is 15.9 Å². The van der Waals surface area contributed by atoms with Gasteiger partial charge in [-0.3, -0.25) is 4.79 Å². The molecule has 0 bridgehead atoms. The Morgan fingerprint density at radius 2 is 2.32 bits per heavy atom. The van der Waals surface area contributed by atoms with Crippen LogP contribution in [-0.2, 0) is 11.2 Å². The average Bonchev–Trinajstić information content (AvgIpc) is 3.21. The van der Waals surface area contributed by atoms with Gasteiger partial charge in [0.1, 0.15) is 5.75 Å². The van der Waals surface area contributed by atoms with E-state index in [1.54, 1.807) is 29.7 Å². The van der Waals surface area contributed by atoms with Crippen LogP contribution in [0.15, 0.2) is 34.2 Å². The number of alkyl halides is 2. The number of hydrogen-bond acceptors (Lipinski definition) is 5. The number of hydrogen-bond donors (Lipinski definition) is 1. The maximum absolute atomic E-state index is 12.5. The van der Waals surface area contributed by atoms with Crippen molar-refractivity contribution >= 4 is 38.3 Å². The molecule has 3 rings (SSSR count). The third kappa shape index (κ3) is 6.13. The highest BCUT2D eigenvalue weighted by Crippen LogP contribution is 2.26. The number of nitrogens with zero attached hydrogens (tertiary/aromatic N) is 2. The predicted octanol–water partition coefficient (Wildman–Crippen LogP) is 4.47. The van der Waals surface area contributed by atoms with Crippen molar-refractivity contribution < 1.29 is 18.3 Å². The fraction of sp³-hybridized carbons (Fsp3) is 0.474. The van der Waals surface area contributed by atoms with Gasteiger partial charge in [-0.05, 0) is 48.9 Å². The van der Waals surface area contributed by atoms with E-state index in [0.717, 1.165) is 35.5 Å². The first-order valence-corrected chi connectivity index (χ1v) is 10.8. The molecule has 1 aliphatic heterocycles. The molecule has 0 spiro atoms. The molecule has 152 valence electrons. The van der Waals surface area contributed by atoms with Crippen LogP contribution in [0.4, 0.5) is 13.9 Å². The van der Waals surface area contributed by atoms with Crippen molar-refractivity contribution in [2.45, 2.75) is 32.3 Å². The molecule has 0 aliphatic carbocycles. The Kier molecular flexibility index (Phi) is 7.61. The summed E-state index contributed by atoms with van der Waals surface area (Å²) in [5.74, 6) is 0.400. The molecule has 1 amide bonds. The molecular formula is C19H22BrF2N3O2S. The van der Waals surface area contributed by atoms with Gasteiger partial charge in [0.05, 0.1) is 0 Å². The summed E-state index contributed by atoms with van der Waals surface area (Å²) in [6.45, 7) is -0.403. The zero-order chi connectivity index (χ0) is 19.9. The van der Waals surface area contributed by atoms with Crippen LogP contribution >= 0.6 is 27.3 Å². The molecule has 2 aromatic rings. The number of ether oxygens (including phenoxy) is 1. The van der Waals surface area contributed by atoms with E-state index >= 15 is 0 Å². The first-order chi connectivity index (χ1) is 13.5. The first kappa shape index (κ1) is 21.0. The lowest BCUT2D eigenvalue weighted by Crippen LogP contribution is -2.41. The Balaban J connectivity index is 1.46. The predicted molar refractivity (Wildman–Crippen MR) is 109 cm³/mol. The van der Waals surface area contributed by atoms with Crippen molar-refractivity contribution in [3.8, 4) is 5.75 Å². The van der Waals surface area contributed by atoms with E-state index in [2.05, 4.69) is 35.9 Å². The molecular weight excluding hydrogens is 452 g/mol. The van der Waals surface area contributed by atoms with Crippen LogP contribution in [0, 0.1) is 5.92 Å². The molecule has 1 aromatic carbocycles. The van der Waals surface area contributed by atoms with Crippen molar-refractivity contribution in [3.63, 3.8) is 0 Å². The molecule has 5 nitrogen and oxygen atoms in total. The lowest BCUT2D eigenvalue weighted by atomic mass is 9.98. The summed E-state index contributed by atoms with van der Waals surface area (Å²) in [5.41, 5.74) is 0.581. The van der Waals surface area contributed by atoms with Gasteiger partial charge in [-0.2, -0.15) is 8.78 Å². The molecule has 1 aromatic heterocycles. The topological polar surface area (TPSA) is 54.5 Å². The highest BCUT2D eigenvalue weighted by atomic mass is 79.9. The molecule has 1 unspecified atom stereocenters. The molecule has 0 saturated carbocycles. The minimum Gasteiger partial charge on any atom is -0.435 e. The Morgan fingerprint density at radius 3 is 3.07 bits per heavy atom. The molecule has 1 N–H and O–H groups in total. The zero-order valence-electron chi connectivity index (χ0n) is 15.2. The lowest BCUT2D eigenvalue weighted by Gasteiger charge is -2.32. The Morgan fingerprint density at radius 1 is 1.46 bits per heavy atom. The number of carbonyl (C=O) groups is 1. The maximum Gasteiger partial charge on any atom is 0.387 e. The highest BCUT2D eigenvalue weighted by molar-refractivity contribution is 9.10. The van der Waals surface area contributed by atoms with Gasteiger partial charge >= 0.3 is 6.61 Å². The third-order valence-corrected chi connectivity index (χ3v) is 5.98. The quantitative estimate of drug-likeness (QED) is 0.614. The van der Waals surface area contributed by atoms with E-state index in [4.69, 9.17) is 0 Å². The second-order valence-corrected chi connectivity index (χ2v) is 8.49. The standard InChI is InChI=1S/C19H22BrF2N3O2S/c20-15-4-5-16(27-18(21)22)14(10-15)3-6-17(26)24-11-13-2-1-8-25(12-13)19-23-7-9-28-19/h4-5,7,9-10,13,18H,1-3,6,8,11-12H2,(H,24,26). The van der Waals surface area contributed by atoms with E-state index in [-0.39, 0.29) is 18.1 Å². The summed E-state index contributed by atoms with van der Waals surface area (Å²) in [6.07, 6.45) is 4.51. The van der Waals surface area contributed by atoms with Crippen molar-refractivity contribution in [1.29, 1.82) is 0 Å². The van der Waals surface area contributed by atoms with Gasteiger partial charge in [0.15, 0.2) is 5.13 Å². The number of nitrogens with one attached hydrogen (secondary N) is 1. The van der Waals surface area contributed by atoms with E-state index in [9.17, 15) is 13.6 Å². The Bertz CT molecular complexity index is 777. The number of thiazole rings is 1. The summed E-state index contributed by atoms with van der Waals surface area (Å²) in [7, 11) is 0. The van der Waals surface area contributed by atoms with Crippen molar-refractivity contribution in [1.82, 2.24) is 10.3 Å². The summed E-state index contributed by atoms with van der Waals surface area (Å²) in [5, 5.41) is 5.97. The van der Waals surface area contributed by atoms with Crippen LogP contribution in [0.1, 0.15) is 24.8 Å². The number of amides is 1. The van der Waals surface area contributed by atoms with Gasteiger partial charge in [-0.25, -0.2) is 4.98 Å². The smallest absolute Gasteiger partial charge is 0.387 e. The molecule has 1 atom stereocenters. The van der Waals surface area contributed by atoms with Gasteiger partial charge in [-0.15, -0.1) is 11.3 Å². The van der Waals surface area contributed by atoms with Gasteiger partial charge in [0.25, 0.3) is 0 Å². The number of anilines is 1. The van der Waals surface area contributed by atoms with E-state index in [1.807, 2.05) is 5.38 Å². The normalized spacial score (nSPS) is 17.0. The minimum atomic E-state index is -2.89. The number of piperidine rings is 1. The summed E-state index contributed by atoms with van der Waals surface area (Å²) in [4.78, 5) is 18.9. The average molecular weight is 474 g/mol. The third-order valence-electron chi connectivity index (χ3n) is 4.66. The van der Waals surface area contributed by atoms with Crippen LogP contribution in [0.5, 0.6) is 5.75 Å². The van der Waals surface area contributed by atoms with Crippen LogP contribution in [0.2, 0.25) is 0 Å². The molecule has 9 heteroatoms. The summed E-state index contributed by atoms with van der Waals surface area (Å²) >= 11 is 4.95. The largest absolute Gasteiger partial charge is 0.435 e. The van der Waals surface area contributed by atoms with Crippen molar-refractivity contribution in [2.75, 3.05) is 24.5 Å². The number of benzene rings is 1. The van der Waals surface area contributed by atoms with Gasteiger partial charge < -0.3 is 15.0 Å². The molecule has 28 heavy (non-hydrogen) atoms. The first-order valence-electron chi connectivity index (χ1n) is 9.15. The Labute approximate surface area is 175 Å². The molecule has 1 aliphatic rings. The maximum atomic E-state index is 12.5. The van der Waals surface area contributed by atoms with Gasteiger partial charge in [0.2, 0.25) is 5.91 Å². The monoisotopic (exact) mass is 473 g/mol. The van der Waals surface area contributed by atoms with Crippen molar-refractivity contribution in [3.05, 3.63) is 39.8 Å². The molecule has 1 saturated heterocycles. The molecule has 0 radical (unpaired) electrons. The van der Waals surface area contributed by atoms with Crippen LogP contribution < -0.4 is 15.0 Å². The number of aromatic nitrogens is 1. The summed E-state index contributed by atoms with van der Waals surface area (Å²) in [6, 6.07) is 4.83. The summed E-state index contributed by atoms with van der Waals surface area (Å²) < 4.78 is 30.4. The fourth-order valence-electron chi connectivity index (χ4n) is 3.33. The second kappa shape index (κ2) is 10.2. The lowest BCUT2D eigenvalue weighted by molar-refractivity contribution is -0.121. The SMILES string of the molecule is O=C(CCc1cc(Br)ccc1OC(F)F)NCC1CCCN(c2nccs2)C1. The number of carbonyl (C=O) groups excluding carboxylic acids is 1. The van der Waals surface area contributed by atoms with E-state index < -0.39 is 6.61 Å². The minimum absolute atomic E-state index is 0.0886. The fourth-order valence-corrected chi connectivity index (χ4v) is 4.42. The zero-order valence-corrected chi connectivity index (χ0v) is 17.6. The Hall–Kier alpha value is -1.74. The highest BCUT2D eigenvalue weighted by Gasteiger charge is 2.22. The van der Waals surface area contributed by atoms with Crippen molar-refractivity contribution in [2.24, 2.45) is 5.92 Å².